The molecule has 0 aliphatic carbocycles. The Labute approximate surface area is 166 Å². The van der Waals surface area contributed by atoms with Gasteiger partial charge in [-0.15, -0.1) is 0 Å². The minimum atomic E-state index is -0.0386. The van der Waals surface area contributed by atoms with Gasteiger partial charge in [0.25, 0.3) is 5.91 Å². The zero-order chi connectivity index (χ0) is 19.9. The van der Waals surface area contributed by atoms with Gasteiger partial charge in [-0.1, -0.05) is 24.3 Å². The maximum atomic E-state index is 12.3. The number of benzene rings is 2. The summed E-state index contributed by atoms with van der Waals surface area (Å²) in [6.07, 6.45) is 1.79. The van der Waals surface area contributed by atoms with E-state index in [0.29, 0.717) is 18.7 Å². The lowest BCUT2D eigenvalue weighted by molar-refractivity contribution is 0.0953. The molecule has 3 aromatic rings. The predicted octanol–water partition coefficient (Wildman–Crippen LogP) is 3.92. The van der Waals surface area contributed by atoms with Crippen LogP contribution in [-0.2, 0) is 13.0 Å². The van der Waals surface area contributed by atoms with Gasteiger partial charge >= 0.3 is 0 Å². The largest absolute Gasteiger partial charge is 0.497 e. The molecule has 0 unspecified atom stereocenters. The number of carbonyl (C=O) groups excluding carboxylic acids is 1. The van der Waals surface area contributed by atoms with E-state index in [1.165, 1.54) is 5.56 Å². The number of carbonyl (C=O) groups is 1. The molecule has 3 rings (SSSR count). The maximum Gasteiger partial charge on any atom is 0.251 e. The second kappa shape index (κ2) is 9.22. The topological polar surface area (TPSA) is 56.1 Å². The fourth-order valence-electron chi connectivity index (χ4n) is 3.19. The van der Waals surface area contributed by atoms with Crippen LogP contribution in [0.4, 0.5) is 0 Å². The molecule has 0 spiro atoms. The van der Waals surface area contributed by atoms with Gasteiger partial charge in [0.1, 0.15) is 5.75 Å². The van der Waals surface area contributed by atoms with Gasteiger partial charge < -0.3 is 10.1 Å². The molecule has 1 heterocycles. The lowest BCUT2D eigenvalue weighted by atomic mass is 10.1. The molecule has 0 bridgehead atoms. The van der Waals surface area contributed by atoms with Crippen LogP contribution in [0.5, 0.6) is 5.75 Å². The molecule has 0 saturated carbocycles. The number of nitrogens with one attached hydrogen (secondary N) is 1. The molecule has 0 aliphatic rings. The molecule has 28 heavy (non-hydrogen) atoms. The van der Waals surface area contributed by atoms with Crippen LogP contribution in [0.2, 0.25) is 0 Å². The Morgan fingerprint density at radius 2 is 1.86 bits per heavy atom. The van der Waals surface area contributed by atoms with Crippen LogP contribution in [0.15, 0.2) is 54.6 Å². The zero-order valence-corrected chi connectivity index (χ0v) is 16.7. The first-order valence-corrected chi connectivity index (χ1v) is 9.56. The molecule has 2 aromatic carbocycles. The fourth-order valence-corrected chi connectivity index (χ4v) is 3.19. The summed E-state index contributed by atoms with van der Waals surface area (Å²) in [7, 11) is 1.67. The summed E-state index contributed by atoms with van der Waals surface area (Å²) in [5.74, 6) is 0.824. The molecule has 0 fully saturated rings. The van der Waals surface area contributed by atoms with Crippen molar-refractivity contribution in [2.75, 3.05) is 13.7 Å². The molecule has 0 saturated heterocycles. The smallest absolute Gasteiger partial charge is 0.251 e. The van der Waals surface area contributed by atoms with Gasteiger partial charge in [-0.2, -0.15) is 5.10 Å². The minimum absolute atomic E-state index is 0.0386. The minimum Gasteiger partial charge on any atom is -0.497 e. The molecule has 5 heteroatoms. The van der Waals surface area contributed by atoms with Crippen LogP contribution >= 0.6 is 0 Å². The van der Waals surface area contributed by atoms with E-state index in [1.54, 1.807) is 7.11 Å². The maximum absolute atomic E-state index is 12.3. The number of amides is 1. The number of nitrogens with zero attached hydrogens (tertiary/aromatic N) is 2. The van der Waals surface area contributed by atoms with Crippen LogP contribution < -0.4 is 10.1 Å². The quantitative estimate of drug-likeness (QED) is 0.606. The van der Waals surface area contributed by atoms with Crippen molar-refractivity contribution in [3.05, 3.63) is 82.7 Å². The number of rotatable bonds is 8. The average molecular weight is 377 g/mol. The van der Waals surface area contributed by atoms with Crippen molar-refractivity contribution in [1.82, 2.24) is 15.1 Å². The van der Waals surface area contributed by atoms with Crippen molar-refractivity contribution in [3.63, 3.8) is 0 Å². The summed E-state index contributed by atoms with van der Waals surface area (Å²) >= 11 is 0. The van der Waals surface area contributed by atoms with E-state index < -0.39 is 0 Å². The third-order valence-electron chi connectivity index (χ3n) is 4.71. The Hall–Kier alpha value is -3.08. The SMILES string of the molecule is COc1cccc(CCCNC(=O)c2ccc(Cn3nc(C)cc3C)cc2)c1. The van der Waals surface area contributed by atoms with E-state index in [1.807, 2.05) is 61.0 Å². The van der Waals surface area contributed by atoms with Gasteiger partial charge in [-0.3, -0.25) is 9.48 Å². The Bertz CT molecular complexity index is 929. The highest BCUT2D eigenvalue weighted by Gasteiger charge is 2.06. The van der Waals surface area contributed by atoms with Crippen molar-refractivity contribution >= 4 is 5.91 Å². The molecule has 0 atom stereocenters. The lowest BCUT2D eigenvalue weighted by Gasteiger charge is -2.08. The van der Waals surface area contributed by atoms with Crippen LogP contribution in [0.3, 0.4) is 0 Å². The van der Waals surface area contributed by atoms with Gasteiger partial charge in [0, 0.05) is 17.8 Å². The van der Waals surface area contributed by atoms with Crippen molar-refractivity contribution in [2.45, 2.75) is 33.2 Å². The number of aryl methyl sites for hydroxylation is 3. The number of hydrogen-bond donors (Lipinski definition) is 1. The van der Waals surface area contributed by atoms with Crippen molar-refractivity contribution in [2.24, 2.45) is 0 Å². The van der Waals surface area contributed by atoms with Crippen LogP contribution in [-0.4, -0.2) is 29.3 Å². The van der Waals surface area contributed by atoms with E-state index in [0.717, 1.165) is 35.5 Å². The van der Waals surface area contributed by atoms with Crippen molar-refractivity contribution < 1.29 is 9.53 Å². The number of aromatic nitrogens is 2. The van der Waals surface area contributed by atoms with Gasteiger partial charge in [0.15, 0.2) is 0 Å². The summed E-state index contributed by atoms with van der Waals surface area (Å²) in [5, 5.41) is 7.47. The average Bonchev–Trinajstić information content (AvgIpc) is 3.02. The van der Waals surface area contributed by atoms with Gasteiger partial charge in [0.05, 0.1) is 19.3 Å². The second-order valence-corrected chi connectivity index (χ2v) is 6.99. The molecule has 1 aromatic heterocycles. The molecular formula is C23H27N3O2. The zero-order valence-electron chi connectivity index (χ0n) is 16.7. The normalized spacial score (nSPS) is 10.7. The summed E-state index contributed by atoms with van der Waals surface area (Å²) < 4.78 is 7.21. The highest BCUT2D eigenvalue weighted by atomic mass is 16.5. The van der Waals surface area contributed by atoms with E-state index in [4.69, 9.17) is 4.74 Å². The number of ether oxygens (including phenoxy) is 1. The second-order valence-electron chi connectivity index (χ2n) is 6.99. The third kappa shape index (κ3) is 5.22. The highest BCUT2D eigenvalue weighted by Crippen LogP contribution is 2.14. The van der Waals surface area contributed by atoms with Gasteiger partial charge in [-0.25, -0.2) is 0 Å². The Kier molecular flexibility index (Phi) is 6.48. The summed E-state index contributed by atoms with van der Waals surface area (Å²) in [6.45, 7) is 5.39. The lowest BCUT2D eigenvalue weighted by Crippen LogP contribution is -2.24. The van der Waals surface area contributed by atoms with E-state index in [2.05, 4.69) is 22.5 Å². The molecule has 0 radical (unpaired) electrons. The van der Waals surface area contributed by atoms with E-state index in [-0.39, 0.29) is 5.91 Å². The van der Waals surface area contributed by atoms with Crippen LogP contribution in [0, 0.1) is 13.8 Å². The number of methoxy groups -OCH3 is 1. The molecule has 5 nitrogen and oxygen atoms in total. The summed E-state index contributed by atoms with van der Waals surface area (Å²) in [6, 6.07) is 17.8. The Morgan fingerprint density at radius 1 is 1.07 bits per heavy atom. The Morgan fingerprint density at radius 3 is 2.54 bits per heavy atom. The molecule has 0 aliphatic heterocycles. The van der Waals surface area contributed by atoms with Crippen molar-refractivity contribution in [3.8, 4) is 5.75 Å². The first-order chi connectivity index (χ1) is 13.5. The monoisotopic (exact) mass is 377 g/mol. The summed E-state index contributed by atoms with van der Waals surface area (Å²) in [4.78, 5) is 12.3. The molecule has 1 amide bonds. The van der Waals surface area contributed by atoms with Crippen LogP contribution in [0.25, 0.3) is 0 Å². The van der Waals surface area contributed by atoms with E-state index in [9.17, 15) is 4.79 Å². The van der Waals surface area contributed by atoms with Gasteiger partial charge in [-0.05, 0) is 68.1 Å². The molecular weight excluding hydrogens is 350 g/mol. The van der Waals surface area contributed by atoms with Gasteiger partial charge in [0.2, 0.25) is 0 Å². The first kappa shape index (κ1) is 19.7. The third-order valence-corrected chi connectivity index (χ3v) is 4.71. The molecule has 146 valence electrons. The Balaban J connectivity index is 1.47. The number of hydrogen-bond acceptors (Lipinski definition) is 3. The molecule has 1 N–H and O–H groups in total. The predicted molar refractivity (Wildman–Crippen MR) is 111 cm³/mol. The fraction of sp³-hybridized carbons (Fsp3) is 0.304. The summed E-state index contributed by atoms with van der Waals surface area (Å²) in [5.41, 5.74) is 5.17. The van der Waals surface area contributed by atoms with Crippen molar-refractivity contribution in [1.29, 1.82) is 0 Å². The standard InChI is InChI=1S/C23H27N3O2/c1-17-14-18(2)26(25-17)16-20-9-11-21(12-10-20)23(27)24-13-5-7-19-6-4-8-22(15-19)28-3/h4,6,8-12,14-15H,5,7,13,16H2,1-3H3,(H,24,27). The first-order valence-electron chi connectivity index (χ1n) is 9.56. The van der Waals surface area contributed by atoms with Crippen LogP contribution in [0.1, 0.15) is 39.3 Å². The van der Waals surface area contributed by atoms with E-state index >= 15 is 0 Å². The highest BCUT2D eigenvalue weighted by molar-refractivity contribution is 5.94.